The topological polar surface area (TPSA) is 81.7 Å². The van der Waals surface area contributed by atoms with E-state index in [2.05, 4.69) is 12.2 Å². The number of carbonyl (C=O) groups is 3. The van der Waals surface area contributed by atoms with Crippen molar-refractivity contribution < 1.29 is 23.9 Å². The highest BCUT2D eigenvalue weighted by atomic mass is 16.6. The van der Waals surface area contributed by atoms with Gasteiger partial charge < -0.3 is 14.8 Å². The molecule has 0 bridgehead atoms. The van der Waals surface area contributed by atoms with E-state index in [0.717, 1.165) is 19.3 Å². The fraction of sp³-hybridized carbons (Fsp3) is 0.864. The van der Waals surface area contributed by atoms with E-state index in [1.807, 2.05) is 6.92 Å². The van der Waals surface area contributed by atoms with Gasteiger partial charge in [0.25, 0.3) is 0 Å². The molecule has 0 aromatic carbocycles. The predicted octanol–water partition coefficient (Wildman–Crippen LogP) is 4.30. The lowest BCUT2D eigenvalue weighted by Gasteiger charge is -2.34. The summed E-state index contributed by atoms with van der Waals surface area (Å²) in [6.45, 7) is 3.96. The summed E-state index contributed by atoms with van der Waals surface area (Å²) in [6, 6.07) is 0. The molecular formula is C22H39NO5. The Balaban J connectivity index is 2.15. The molecule has 1 amide bonds. The van der Waals surface area contributed by atoms with Gasteiger partial charge in [0.2, 0.25) is 6.41 Å². The van der Waals surface area contributed by atoms with Gasteiger partial charge in [-0.25, -0.2) is 0 Å². The molecule has 6 nitrogen and oxygen atoms in total. The van der Waals surface area contributed by atoms with Gasteiger partial charge in [0, 0.05) is 6.42 Å². The minimum atomic E-state index is -0.446. The van der Waals surface area contributed by atoms with Crippen LogP contribution < -0.4 is 5.32 Å². The Morgan fingerprint density at radius 2 is 1.64 bits per heavy atom. The summed E-state index contributed by atoms with van der Waals surface area (Å²) in [5.74, 6) is -0.766. The lowest BCUT2D eigenvalue weighted by Crippen LogP contribution is -2.45. The summed E-state index contributed by atoms with van der Waals surface area (Å²) >= 11 is 0. The second-order valence-electron chi connectivity index (χ2n) is 7.93. The summed E-state index contributed by atoms with van der Waals surface area (Å²) in [6.07, 6.45) is 15.3. The van der Waals surface area contributed by atoms with Gasteiger partial charge in [-0.05, 0) is 19.8 Å². The molecule has 1 aliphatic rings. The number of esters is 2. The van der Waals surface area contributed by atoms with E-state index < -0.39 is 5.97 Å². The van der Waals surface area contributed by atoms with E-state index >= 15 is 0 Å². The number of rotatable bonds is 18. The van der Waals surface area contributed by atoms with Crippen molar-refractivity contribution in [1.82, 2.24) is 5.32 Å². The van der Waals surface area contributed by atoms with E-state index in [1.54, 1.807) is 0 Å². The zero-order valence-corrected chi connectivity index (χ0v) is 17.8. The molecule has 28 heavy (non-hydrogen) atoms. The van der Waals surface area contributed by atoms with E-state index in [4.69, 9.17) is 9.47 Å². The van der Waals surface area contributed by atoms with Crippen molar-refractivity contribution in [3.05, 3.63) is 0 Å². The van der Waals surface area contributed by atoms with Gasteiger partial charge in [-0.1, -0.05) is 71.1 Å². The Kier molecular flexibility index (Phi) is 13.4. The van der Waals surface area contributed by atoms with Crippen LogP contribution in [0.15, 0.2) is 0 Å². The van der Waals surface area contributed by atoms with Crippen LogP contribution in [0.4, 0.5) is 0 Å². The van der Waals surface area contributed by atoms with Crippen molar-refractivity contribution in [2.45, 2.75) is 110 Å². The van der Waals surface area contributed by atoms with Crippen LogP contribution in [0.1, 0.15) is 97.3 Å². The number of unbranched alkanes of at least 4 members (excludes halogenated alkanes) is 10. The van der Waals surface area contributed by atoms with Crippen LogP contribution in [0.5, 0.6) is 0 Å². The first-order valence-electron chi connectivity index (χ1n) is 11.2. The number of nitrogens with one attached hydrogen (secondary N) is 1. The van der Waals surface area contributed by atoms with Crippen molar-refractivity contribution in [2.24, 2.45) is 5.92 Å². The summed E-state index contributed by atoms with van der Waals surface area (Å²) in [5.41, 5.74) is 0. The second-order valence-corrected chi connectivity index (χ2v) is 7.93. The van der Waals surface area contributed by atoms with E-state index in [-0.39, 0.29) is 30.6 Å². The fourth-order valence-electron chi connectivity index (χ4n) is 3.56. The number of hydrogen-bond acceptors (Lipinski definition) is 5. The standard InChI is InChI=1S/C22H39NO5/c1-3-4-5-6-7-8-9-10-11-12-13-14-19(27-21(25)16-23-17-24)15-20-18(2)22(26)28-20/h17-20H,3-16H2,1-2H3,(H,23,24)/t18-,19-,20?/m1/s1. The molecule has 0 saturated carbocycles. The monoisotopic (exact) mass is 397 g/mol. The van der Waals surface area contributed by atoms with Crippen molar-refractivity contribution in [3.8, 4) is 0 Å². The fourth-order valence-corrected chi connectivity index (χ4v) is 3.56. The normalized spacial score (nSPS) is 19.4. The Morgan fingerprint density at radius 1 is 1.07 bits per heavy atom. The molecule has 0 aromatic heterocycles. The molecule has 1 heterocycles. The maximum Gasteiger partial charge on any atom is 0.325 e. The van der Waals surface area contributed by atoms with Gasteiger partial charge in [0.15, 0.2) is 0 Å². The van der Waals surface area contributed by atoms with Crippen LogP contribution in [-0.2, 0) is 23.9 Å². The third-order valence-corrected chi connectivity index (χ3v) is 5.45. The quantitative estimate of drug-likeness (QED) is 0.212. The number of hydrogen-bond donors (Lipinski definition) is 1. The molecular weight excluding hydrogens is 358 g/mol. The Hall–Kier alpha value is -1.59. The van der Waals surface area contributed by atoms with Crippen LogP contribution in [0.3, 0.4) is 0 Å². The highest BCUT2D eigenvalue weighted by molar-refractivity contribution is 5.78. The van der Waals surface area contributed by atoms with Gasteiger partial charge in [-0.15, -0.1) is 0 Å². The van der Waals surface area contributed by atoms with Crippen molar-refractivity contribution >= 4 is 18.3 Å². The molecule has 6 heteroatoms. The minimum Gasteiger partial charge on any atom is -0.461 e. The summed E-state index contributed by atoms with van der Waals surface area (Å²) in [7, 11) is 0. The molecule has 0 radical (unpaired) electrons. The van der Waals surface area contributed by atoms with E-state index in [0.29, 0.717) is 12.8 Å². The second kappa shape index (κ2) is 15.3. The Morgan fingerprint density at radius 3 is 2.14 bits per heavy atom. The molecule has 0 aromatic rings. The van der Waals surface area contributed by atoms with Gasteiger partial charge in [-0.3, -0.25) is 14.4 Å². The lowest BCUT2D eigenvalue weighted by atomic mass is 9.92. The van der Waals surface area contributed by atoms with Gasteiger partial charge in [0.05, 0.1) is 5.92 Å². The van der Waals surface area contributed by atoms with Crippen molar-refractivity contribution in [3.63, 3.8) is 0 Å². The number of ether oxygens (including phenoxy) is 2. The highest BCUT2D eigenvalue weighted by Gasteiger charge is 2.40. The molecule has 1 N–H and O–H groups in total. The third-order valence-electron chi connectivity index (χ3n) is 5.45. The molecule has 1 rings (SSSR count). The smallest absolute Gasteiger partial charge is 0.325 e. The zero-order chi connectivity index (χ0) is 20.6. The minimum absolute atomic E-state index is 0.127. The SMILES string of the molecule is CCCCCCCCCCCCC[C@H](CC1OC(=O)[C@@H]1C)OC(=O)CNC=O. The van der Waals surface area contributed by atoms with E-state index in [9.17, 15) is 14.4 Å². The van der Waals surface area contributed by atoms with Crippen LogP contribution in [0.25, 0.3) is 0 Å². The average molecular weight is 398 g/mol. The lowest BCUT2D eigenvalue weighted by molar-refractivity contribution is -0.187. The highest BCUT2D eigenvalue weighted by Crippen LogP contribution is 2.28. The largest absolute Gasteiger partial charge is 0.461 e. The van der Waals surface area contributed by atoms with Gasteiger partial charge in [-0.2, -0.15) is 0 Å². The molecule has 0 aliphatic carbocycles. The number of amides is 1. The molecule has 162 valence electrons. The Bertz CT molecular complexity index is 454. The molecule has 3 atom stereocenters. The van der Waals surface area contributed by atoms with Gasteiger partial charge in [0.1, 0.15) is 18.8 Å². The summed E-state index contributed by atoms with van der Waals surface area (Å²) in [4.78, 5) is 33.4. The maximum absolute atomic E-state index is 11.8. The summed E-state index contributed by atoms with van der Waals surface area (Å²) < 4.78 is 10.6. The molecule has 1 unspecified atom stereocenters. The van der Waals surface area contributed by atoms with Crippen LogP contribution in [0, 0.1) is 5.92 Å². The van der Waals surface area contributed by atoms with Crippen molar-refractivity contribution in [1.29, 1.82) is 0 Å². The van der Waals surface area contributed by atoms with Gasteiger partial charge >= 0.3 is 11.9 Å². The Labute approximate surface area is 170 Å². The first-order chi connectivity index (χ1) is 13.6. The summed E-state index contributed by atoms with van der Waals surface area (Å²) in [5, 5.41) is 2.32. The average Bonchev–Trinajstić information content (AvgIpc) is 2.69. The van der Waals surface area contributed by atoms with Crippen LogP contribution in [0.2, 0.25) is 0 Å². The molecule has 0 spiro atoms. The number of cyclic esters (lactones) is 1. The first kappa shape index (κ1) is 24.4. The van der Waals surface area contributed by atoms with E-state index in [1.165, 1.54) is 57.8 Å². The van der Waals surface area contributed by atoms with Crippen molar-refractivity contribution in [2.75, 3.05) is 6.54 Å². The zero-order valence-electron chi connectivity index (χ0n) is 17.8. The maximum atomic E-state index is 11.8. The molecule has 1 saturated heterocycles. The molecule has 1 fully saturated rings. The first-order valence-corrected chi connectivity index (χ1v) is 11.2. The van der Waals surface area contributed by atoms with Crippen LogP contribution in [-0.4, -0.2) is 37.1 Å². The van der Waals surface area contributed by atoms with Crippen LogP contribution >= 0.6 is 0 Å². The number of carbonyl (C=O) groups excluding carboxylic acids is 3. The molecule has 1 aliphatic heterocycles. The predicted molar refractivity (Wildman–Crippen MR) is 109 cm³/mol. The third kappa shape index (κ3) is 10.7.